The fourth-order valence-corrected chi connectivity index (χ4v) is 3.55. The quantitative estimate of drug-likeness (QED) is 0.494. The zero-order chi connectivity index (χ0) is 22.3. The minimum absolute atomic E-state index is 0.321. The van der Waals surface area contributed by atoms with E-state index in [1.54, 1.807) is 0 Å². The lowest BCUT2D eigenvalue weighted by Crippen LogP contribution is -2.41. The Balaban J connectivity index is 1.52. The van der Waals surface area contributed by atoms with Crippen LogP contribution in [0.2, 0.25) is 0 Å². The zero-order valence-corrected chi connectivity index (χ0v) is 17.5. The number of anilines is 1. The normalized spacial score (nSPS) is 10.6. The molecule has 1 aromatic heterocycles. The van der Waals surface area contributed by atoms with Crippen molar-refractivity contribution in [1.82, 2.24) is 9.13 Å². The van der Waals surface area contributed by atoms with Crippen LogP contribution in [0.25, 0.3) is 0 Å². The van der Waals surface area contributed by atoms with Gasteiger partial charge in [-0.2, -0.15) is 0 Å². The van der Waals surface area contributed by atoms with Crippen molar-refractivity contribution < 1.29 is 4.79 Å². The summed E-state index contributed by atoms with van der Waals surface area (Å²) in [6.45, 7) is -0.0333. The number of carbonyl (C=O) groups is 1. The summed E-state index contributed by atoms with van der Waals surface area (Å²) in [5.74, 6) is -0.429. The second-order valence-corrected chi connectivity index (χ2v) is 7.50. The van der Waals surface area contributed by atoms with Crippen molar-refractivity contribution in [1.29, 1.82) is 0 Å². The molecule has 0 unspecified atom stereocenters. The first-order chi connectivity index (χ1) is 15.6. The van der Waals surface area contributed by atoms with Crippen LogP contribution in [-0.2, 0) is 24.3 Å². The predicted octanol–water partition coefficient (Wildman–Crippen LogP) is 3.29. The first kappa shape index (κ1) is 21.1. The molecular formula is C26H23N3O3. The van der Waals surface area contributed by atoms with Gasteiger partial charge in [0.25, 0.3) is 5.56 Å². The number of hydrogen-bond donors (Lipinski definition) is 1. The molecule has 0 saturated carbocycles. The molecule has 160 valence electrons. The number of rotatable bonds is 7. The maximum Gasteiger partial charge on any atom is 0.331 e. The Kier molecular flexibility index (Phi) is 6.41. The van der Waals surface area contributed by atoms with Crippen LogP contribution in [0, 0.1) is 0 Å². The van der Waals surface area contributed by atoms with E-state index in [1.807, 2.05) is 84.9 Å². The summed E-state index contributed by atoms with van der Waals surface area (Å²) >= 11 is 0. The topological polar surface area (TPSA) is 73.1 Å². The number of amides is 1. The van der Waals surface area contributed by atoms with Gasteiger partial charge in [-0.25, -0.2) is 4.79 Å². The third kappa shape index (κ3) is 5.10. The van der Waals surface area contributed by atoms with E-state index in [0.29, 0.717) is 18.7 Å². The fraction of sp³-hybridized carbons (Fsp3) is 0.115. The molecule has 1 N–H and O–H groups in total. The van der Waals surface area contributed by atoms with Crippen molar-refractivity contribution in [2.45, 2.75) is 19.5 Å². The SMILES string of the molecule is O=C(Cn1c(=O)ccn(Cc2ccccc2)c1=O)Nc1ccccc1Cc1ccccc1. The first-order valence-electron chi connectivity index (χ1n) is 10.4. The molecule has 0 aliphatic carbocycles. The van der Waals surface area contributed by atoms with E-state index < -0.39 is 17.2 Å². The van der Waals surface area contributed by atoms with Crippen molar-refractivity contribution in [3.63, 3.8) is 0 Å². The number of aromatic nitrogens is 2. The Morgan fingerprint density at radius 1 is 0.750 bits per heavy atom. The summed E-state index contributed by atoms with van der Waals surface area (Å²) in [6.07, 6.45) is 2.12. The molecule has 0 fully saturated rings. The summed E-state index contributed by atoms with van der Waals surface area (Å²) in [6, 6.07) is 28.2. The van der Waals surface area contributed by atoms with Gasteiger partial charge in [-0.3, -0.25) is 18.7 Å². The first-order valence-corrected chi connectivity index (χ1v) is 10.4. The second kappa shape index (κ2) is 9.75. The molecule has 0 aliphatic rings. The molecule has 0 atom stereocenters. The highest BCUT2D eigenvalue weighted by Gasteiger charge is 2.12. The Hall–Kier alpha value is -4.19. The van der Waals surface area contributed by atoms with Gasteiger partial charge >= 0.3 is 5.69 Å². The van der Waals surface area contributed by atoms with Crippen molar-refractivity contribution in [3.05, 3.63) is 135 Å². The summed E-state index contributed by atoms with van der Waals surface area (Å²) in [7, 11) is 0. The standard InChI is InChI=1S/C26H23N3O3/c30-24(27-23-14-8-7-13-22(23)17-20-9-3-1-4-10-20)19-29-25(31)15-16-28(26(29)32)18-21-11-5-2-6-12-21/h1-16H,17-19H2,(H,27,30). The molecule has 6 nitrogen and oxygen atoms in total. The molecule has 32 heavy (non-hydrogen) atoms. The molecule has 4 rings (SSSR count). The lowest BCUT2D eigenvalue weighted by Gasteiger charge is -2.13. The Morgan fingerprint density at radius 2 is 1.38 bits per heavy atom. The number of benzene rings is 3. The zero-order valence-electron chi connectivity index (χ0n) is 17.5. The molecule has 4 aromatic rings. The lowest BCUT2D eigenvalue weighted by molar-refractivity contribution is -0.116. The van der Waals surface area contributed by atoms with E-state index in [1.165, 1.54) is 16.8 Å². The molecule has 3 aromatic carbocycles. The smallest absolute Gasteiger partial charge is 0.324 e. The van der Waals surface area contributed by atoms with Gasteiger partial charge in [0.1, 0.15) is 6.54 Å². The van der Waals surface area contributed by atoms with E-state index in [2.05, 4.69) is 5.32 Å². The van der Waals surface area contributed by atoms with Gasteiger partial charge in [0.2, 0.25) is 5.91 Å². The highest BCUT2D eigenvalue weighted by molar-refractivity contribution is 5.91. The van der Waals surface area contributed by atoms with Crippen molar-refractivity contribution in [2.24, 2.45) is 0 Å². The summed E-state index contributed by atoms with van der Waals surface area (Å²) < 4.78 is 2.38. The van der Waals surface area contributed by atoms with Gasteiger partial charge in [-0.05, 0) is 29.2 Å². The Bertz CT molecular complexity index is 1330. The largest absolute Gasteiger partial charge is 0.331 e. The van der Waals surface area contributed by atoms with E-state index in [-0.39, 0.29) is 6.54 Å². The van der Waals surface area contributed by atoms with Gasteiger partial charge in [0.15, 0.2) is 0 Å². The highest BCUT2D eigenvalue weighted by atomic mass is 16.2. The van der Waals surface area contributed by atoms with Crippen molar-refractivity contribution in [2.75, 3.05) is 5.32 Å². The average molecular weight is 425 g/mol. The minimum atomic E-state index is -0.519. The summed E-state index contributed by atoms with van der Waals surface area (Å²) in [5, 5.41) is 2.86. The summed E-state index contributed by atoms with van der Waals surface area (Å²) in [5.41, 5.74) is 2.64. The van der Waals surface area contributed by atoms with Gasteiger partial charge in [-0.15, -0.1) is 0 Å². The molecule has 1 amide bonds. The molecule has 0 aliphatic heterocycles. The van der Waals surface area contributed by atoms with Gasteiger partial charge in [0, 0.05) is 18.0 Å². The maximum absolute atomic E-state index is 12.8. The average Bonchev–Trinajstić information content (AvgIpc) is 2.81. The molecule has 0 saturated heterocycles. The predicted molar refractivity (Wildman–Crippen MR) is 125 cm³/mol. The Labute approximate surface area is 185 Å². The van der Waals surface area contributed by atoms with Crippen LogP contribution in [-0.4, -0.2) is 15.0 Å². The molecular weight excluding hydrogens is 402 g/mol. The van der Waals surface area contributed by atoms with E-state index in [4.69, 9.17) is 0 Å². The van der Waals surface area contributed by atoms with Crippen LogP contribution in [0.5, 0.6) is 0 Å². The molecule has 1 heterocycles. The fourth-order valence-electron chi connectivity index (χ4n) is 3.55. The number of hydrogen-bond acceptors (Lipinski definition) is 3. The van der Waals surface area contributed by atoms with E-state index in [9.17, 15) is 14.4 Å². The van der Waals surface area contributed by atoms with Gasteiger partial charge in [-0.1, -0.05) is 78.9 Å². The lowest BCUT2D eigenvalue weighted by atomic mass is 10.0. The molecule has 6 heteroatoms. The van der Waals surface area contributed by atoms with Crippen LogP contribution in [0.1, 0.15) is 16.7 Å². The number of para-hydroxylation sites is 1. The number of nitrogens with zero attached hydrogens (tertiary/aromatic N) is 2. The number of carbonyl (C=O) groups excluding carboxylic acids is 1. The Morgan fingerprint density at radius 3 is 2.09 bits per heavy atom. The molecule has 0 radical (unpaired) electrons. The van der Waals surface area contributed by atoms with Crippen LogP contribution in [0.3, 0.4) is 0 Å². The highest BCUT2D eigenvalue weighted by Crippen LogP contribution is 2.19. The van der Waals surface area contributed by atoms with Crippen molar-refractivity contribution >= 4 is 11.6 Å². The van der Waals surface area contributed by atoms with Crippen LogP contribution in [0.4, 0.5) is 5.69 Å². The van der Waals surface area contributed by atoms with Crippen molar-refractivity contribution in [3.8, 4) is 0 Å². The van der Waals surface area contributed by atoms with Gasteiger partial charge < -0.3 is 5.32 Å². The van der Waals surface area contributed by atoms with E-state index in [0.717, 1.165) is 21.3 Å². The number of nitrogens with one attached hydrogen (secondary N) is 1. The van der Waals surface area contributed by atoms with E-state index >= 15 is 0 Å². The second-order valence-electron chi connectivity index (χ2n) is 7.50. The van der Waals surface area contributed by atoms with Crippen LogP contribution in [0.15, 0.2) is 107 Å². The third-order valence-corrected chi connectivity index (χ3v) is 5.17. The van der Waals surface area contributed by atoms with Crippen LogP contribution >= 0.6 is 0 Å². The third-order valence-electron chi connectivity index (χ3n) is 5.17. The molecule has 0 bridgehead atoms. The maximum atomic E-state index is 12.8. The van der Waals surface area contributed by atoms with Gasteiger partial charge in [0.05, 0.1) is 6.54 Å². The monoisotopic (exact) mass is 425 g/mol. The molecule has 0 spiro atoms. The summed E-state index contributed by atoms with van der Waals surface area (Å²) in [4.78, 5) is 37.9. The minimum Gasteiger partial charge on any atom is -0.324 e. The van der Waals surface area contributed by atoms with Crippen LogP contribution < -0.4 is 16.6 Å².